The Kier molecular flexibility index (Phi) is 8.28. The molecule has 0 aliphatic carbocycles. The van der Waals surface area contributed by atoms with E-state index in [0.29, 0.717) is 45.9 Å². The Labute approximate surface area is 231 Å². The molecule has 3 N–H and O–H groups in total. The molecule has 0 atom stereocenters. The largest absolute Gasteiger partial charge is 0.492 e. The van der Waals surface area contributed by atoms with Crippen molar-refractivity contribution >= 4 is 34.4 Å². The van der Waals surface area contributed by atoms with Crippen LogP contribution in [0.2, 0.25) is 0 Å². The highest BCUT2D eigenvalue weighted by atomic mass is 19.1. The molecule has 1 aliphatic heterocycles. The van der Waals surface area contributed by atoms with Crippen molar-refractivity contribution in [1.82, 2.24) is 19.8 Å². The van der Waals surface area contributed by atoms with Gasteiger partial charge in [0.2, 0.25) is 5.91 Å². The zero-order chi connectivity index (χ0) is 28.1. The fourth-order valence-corrected chi connectivity index (χ4v) is 4.61. The molecule has 0 spiro atoms. The average Bonchev–Trinajstić information content (AvgIpc) is 2.93. The summed E-state index contributed by atoms with van der Waals surface area (Å²) in [5.41, 5.74) is 8.19. The summed E-state index contributed by atoms with van der Waals surface area (Å²) >= 11 is 0. The lowest BCUT2D eigenvalue weighted by Gasteiger charge is -2.32. The van der Waals surface area contributed by atoms with Gasteiger partial charge in [0.15, 0.2) is 0 Å². The Balaban J connectivity index is 1.41. The third-order valence-corrected chi connectivity index (χ3v) is 6.82. The molecule has 0 unspecified atom stereocenters. The molecule has 10 heteroatoms. The second-order valence-electron chi connectivity index (χ2n) is 9.69. The normalized spacial score (nSPS) is 14.6. The average molecular weight is 545 g/mol. The van der Waals surface area contributed by atoms with Crippen molar-refractivity contribution < 1.29 is 18.3 Å². The number of ether oxygens (including phenoxy) is 1. The predicted octanol–water partition coefficient (Wildman–Crippen LogP) is 4.44. The topological polar surface area (TPSA) is 96.6 Å². The number of amides is 1. The number of fused-ring (bicyclic) bond motifs is 1. The summed E-state index contributed by atoms with van der Waals surface area (Å²) in [6.45, 7) is 5.29. The molecule has 0 radical (unpaired) electrons. The van der Waals surface area contributed by atoms with Crippen LogP contribution in [-0.2, 0) is 4.79 Å². The summed E-state index contributed by atoms with van der Waals surface area (Å²) in [5, 5.41) is 3.97. The molecule has 1 amide bonds. The highest BCUT2D eigenvalue weighted by Crippen LogP contribution is 2.32. The molecule has 1 saturated heterocycles. The first kappa shape index (κ1) is 27.2. The second-order valence-corrected chi connectivity index (χ2v) is 9.69. The van der Waals surface area contributed by atoms with E-state index in [1.807, 2.05) is 18.2 Å². The number of hydrogen-bond donors (Lipinski definition) is 2. The van der Waals surface area contributed by atoms with Crippen LogP contribution in [0, 0.1) is 11.6 Å². The van der Waals surface area contributed by atoms with Crippen molar-refractivity contribution in [2.75, 3.05) is 51.7 Å². The van der Waals surface area contributed by atoms with Crippen LogP contribution >= 0.6 is 0 Å². The first-order chi connectivity index (χ1) is 19.4. The number of nitrogens with one attached hydrogen (secondary N) is 1. The smallest absolute Gasteiger partial charge is 0.241 e. The number of anilines is 2. The Morgan fingerprint density at radius 1 is 1.07 bits per heavy atom. The van der Waals surface area contributed by atoms with Crippen molar-refractivity contribution in [2.24, 2.45) is 5.73 Å². The van der Waals surface area contributed by atoms with Gasteiger partial charge >= 0.3 is 0 Å². The second kappa shape index (κ2) is 12.2. The number of halogens is 2. The Morgan fingerprint density at radius 3 is 2.67 bits per heavy atom. The third kappa shape index (κ3) is 6.59. The number of carbonyl (C=O) groups is 1. The van der Waals surface area contributed by atoms with Gasteiger partial charge in [0, 0.05) is 73.1 Å². The number of aromatic nitrogens is 2. The van der Waals surface area contributed by atoms with Crippen LogP contribution in [-0.4, -0.2) is 72.1 Å². The van der Waals surface area contributed by atoms with Gasteiger partial charge in [0.1, 0.15) is 36.1 Å². The van der Waals surface area contributed by atoms with Gasteiger partial charge in [0.25, 0.3) is 0 Å². The fraction of sp³-hybridized carbons (Fsp3) is 0.233. The fourth-order valence-electron chi connectivity index (χ4n) is 4.61. The standard InChI is InChI=1S/C30H30F2N6O2/c1-37-9-11-38(12-10-37)13-14-40-28-18-27-25(16-21(28)5-8-29(33)39)30(35-19-34-27)36-23-4-2-3-20(15-23)24-7-6-22(31)17-26(24)32/h2-8,15-19H,9-14H2,1H3,(H2,33,39)(H,34,35,36). The van der Waals surface area contributed by atoms with E-state index in [4.69, 9.17) is 10.5 Å². The van der Waals surface area contributed by atoms with Gasteiger partial charge in [-0.25, -0.2) is 18.7 Å². The number of primary amides is 1. The molecule has 0 saturated carbocycles. The molecule has 4 aromatic rings. The van der Waals surface area contributed by atoms with Crippen LogP contribution in [0.3, 0.4) is 0 Å². The van der Waals surface area contributed by atoms with Crippen LogP contribution in [0.5, 0.6) is 5.75 Å². The highest BCUT2D eigenvalue weighted by Gasteiger charge is 2.15. The highest BCUT2D eigenvalue weighted by molar-refractivity contribution is 5.96. The number of nitrogens with zero attached hydrogens (tertiary/aromatic N) is 4. The maximum Gasteiger partial charge on any atom is 0.241 e. The number of likely N-dealkylation sites (N-methyl/N-ethyl adjacent to an activating group) is 1. The van der Waals surface area contributed by atoms with E-state index in [0.717, 1.165) is 38.8 Å². The van der Waals surface area contributed by atoms with Crippen molar-refractivity contribution in [1.29, 1.82) is 0 Å². The first-order valence-corrected chi connectivity index (χ1v) is 13.0. The summed E-state index contributed by atoms with van der Waals surface area (Å²) < 4.78 is 33.9. The molecule has 40 heavy (non-hydrogen) atoms. The van der Waals surface area contributed by atoms with E-state index in [1.54, 1.807) is 24.3 Å². The van der Waals surface area contributed by atoms with E-state index in [9.17, 15) is 13.6 Å². The van der Waals surface area contributed by atoms with Gasteiger partial charge in [-0.3, -0.25) is 9.69 Å². The number of carbonyl (C=O) groups excluding carboxylic acids is 1. The Hall–Kier alpha value is -4.41. The van der Waals surface area contributed by atoms with Gasteiger partial charge in [0.05, 0.1) is 5.52 Å². The van der Waals surface area contributed by atoms with Crippen molar-refractivity contribution in [2.45, 2.75) is 0 Å². The number of benzene rings is 3. The molecule has 1 aromatic heterocycles. The number of hydrogen-bond acceptors (Lipinski definition) is 7. The lowest BCUT2D eigenvalue weighted by Crippen LogP contribution is -2.45. The Bertz CT molecular complexity index is 1550. The molecule has 2 heterocycles. The first-order valence-electron chi connectivity index (χ1n) is 13.0. The van der Waals surface area contributed by atoms with Gasteiger partial charge in [-0.05, 0) is 49.0 Å². The van der Waals surface area contributed by atoms with Gasteiger partial charge in [-0.15, -0.1) is 0 Å². The maximum atomic E-state index is 14.4. The van der Waals surface area contributed by atoms with Gasteiger partial charge in [-0.2, -0.15) is 0 Å². The van der Waals surface area contributed by atoms with Crippen LogP contribution in [0.15, 0.2) is 67.0 Å². The van der Waals surface area contributed by atoms with Crippen molar-refractivity contribution in [3.8, 4) is 16.9 Å². The minimum atomic E-state index is -0.643. The lowest BCUT2D eigenvalue weighted by atomic mass is 10.0. The number of nitrogens with two attached hydrogens (primary N) is 1. The predicted molar refractivity (Wildman–Crippen MR) is 152 cm³/mol. The summed E-state index contributed by atoms with van der Waals surface area (Å²) in [6, 6.07) is 14.3. The molecule has 5 rings (SSSR count). The molecule has 0 bridgehead atoms. The monoisotopic (exact) mass is 544 g/mol. The third-order valence-electron chi connectivity index (χ3n) is 6.82. The van der Waals surface area contributed by atoms with E-state index >= 15 is 0 Å². The van der Waals surface area contributed by atoms with Crippen LogP contribution in [0.25, 0.3) is 28.1 Å². The summed E-state index contributed by atoms with van der Waals surface area (Å²) in [6.07, 6.45) is 4.34. The number of piperazine rings is 1. The number of rotatable bonds is 9. The Morgan fingerprint density at radius 2 is 1.90 bits per heavy atom. The summed E-state index contributed by atoms with van der Waals surface area (Å²) in [4.78, 5) is 25.0. The zero-order valence-corrected chi connectivity index (χ0v) is 22.1. The quantitative estimate of drug-likeness (QED) is 0.301. The maximum absolute atomic E-state index is 14.4. The van der Waals surface area contributed by atoms with Crippen LogP contribution in [0.1, 0.15) is 5.56 Å². The lowest BCUT2D eigenvalue weighted by molar-refractivity contribution is -0.113. The minimum Gasteiger partial charge on any atom is -0.492 e. The molecular weight excluding hydrogens is 514 g/mol. The minimum absolute atomic E-state index is 0.287. The van der Waals surface area contributed by atoms with Crippen LogP contribution < -0.4 is 15.8 Å². The van der Waals surface area contributed by atoms with Gasteiger partial charge in [-0.1, -0.05) is 12.1 Å². The van der Waals surface area contributed by atoms with E-state index in [-0.39, 0.29) is 5.56 Å². The molecule has 206 valence electrons. The van der Waals surface area contributed by atoms with Gasteiger partial charge < -0.3 is 20.7 Å². The molecule has 3 aromatic carbocycles. The van der Waals surface area contributed by atoms with E-state index in [2.05, 4.69) is 32.1 Å². The SMILES string of the molecule is CN1CCN(CCOc2cc3ncnc(Nc4cccc(-c5ccc(F)cc5F)c4)c3cc2C=CC(N)=O)CC1. The summed E-state index contributed by atoms with van der Waals surface area (Å²) in [7, 11) is 2.12. The molecule has 8 nitrogen and oxygen atoms in total. The van der Waals surface area contributed by atoms with Crippen molar-refractivity contribution in [3.63, 3.8) is 0 Å². The molecule has 1 fully saturated rings. The van der Waals surface area contributed by atoms with Crippen LogP contribution in [0.4, 0.5) is 20.3 Å². The zero-order valence-electron chi connectivity index (χ0n) is 22.1. The van der Waals surface area contributed by atoms with E-state index in [1.165, 1.54) is 24.5 Å². The molecular formula is C30H30F2N6O2. The molecule has 1 aliphatic rings. The van der Waals surface area contributed by atoms with Crippen molar-refractivity contribution in [3.05, 3.63) is 84.2 Å². The summed E-state index contributed by atoms with van der Waals surface area (Å²) in [5.74, 6) is -0.754. The van der Waals surface area contributed by atoms with E-state index < -0.39 is 17.5 Å².